The van der Waals surface area contributed by atoms with Crippen molar-refractivity contribution >= 4 is 16.5 Å². The fraction of sp³-hybridized carbons (Fsp3) is 0.231. The maximum atomic E-state index is 13.0. The lowest BCUT2D eigenvalue weighted by Crippen LogP contribution is -2.12. The largest absolute Gasteiger partial charge is 0.360 e. The zero-order chi connectivity index (χ0) is 11.0. The minimum atomic E-state index is -0.200. The van der Waals surface area contributed by atoms with E-state index in [1.54, 1.807) is 0 Å². The van der Waals surface area contributed by atoms with Crippen LogP contribution in [-0.2, 0) is 0 Å². The van der Waals surface area contributed by atoms with E-state index in [0.29, 0.717) is 0 Å². The van der Waals surface area contributed by atoms with Crippen LogP contribution in [0.5, 0.6) is 0 Å². The van der Waals surface area contributed by atoms with Crippen molar-refractivity contribution < 1.29 is 4.39 Å². The number of nitrogens with zero attached hydrogens (tertiary/aromatic N) is 1. The minimum absolute atomic E-state index is 0.200. The van der Waals surface area contributed by atoms with Gasteiger partial charge in [-0.25, -0.2) is 9.71 Å². The Labute approximate surface area is 93.2 Å². The Balaban J connectivity index is 2.13. The Bertz CT molecular complexity index is 554. The van der Waals surface area contributed by atoms with Gasteiger partial charge in [0.15, 0.2) is 0 Å². The molecule has 0 saturated heterocycles. The normalized spacial score (nSPS) is 16.4. The lowest BCUT2D eigenvalue weighted by molar-refractivity contribution is 0.629. The maximum absolute atomic E-state index is 13.0. The second-order valence-electron chi connectivity index (χ2n) is 4.00. The van der Waals surface area contributed by atoms with Crippen molar-refractivity contribution in [2.24, 2.45) is 0 Å². The molecule has 3 rings (SSSR count). The lowest BCUT2D eigenvalue weighted by Gasteiger charge is -2.11. The number of nitrogens with one attached hydrogen (secondary N) is 1. The molecule has 0 unspecified atom stereocenters. The SMILES string of the molecule is Fc1ccc2c(C3=CC[N]CC3)c[nH]c2c1. The van der Waals surface area contributed by atoms with Gasteiger partial charge in [0.1, 0.15) is 5.82 Å². The molecule has 0 fully saturated rings. The molecule has 81 valence electrons. The van der Waals surface area contributed by atoms with E-state index in [9.17, 15) is 4.39 Å². The number of aromatic nitrogens is 1. The summed E-state index contributed by atoms with van der Waals surface area (Å²) in [7, 11) is 0. The van der Waals surface area contributed by atoms with Gasteiger partial charge in [-0.05, 0) is 30.2 Å². The molecule has 2 aromatic rings. The van der Waals surface area contributed by atoms with Gasteiger partial charge in [-0.1, -0.05) is 6.08 Å². The van der Waals surface area contributed by atoms with Gasteiger partial charge in [-0.15, -0.1) is 0 Å². The topological polar surface area (TPSA) is 29.9 Å². The number of halogens is 1. The van der Waals surface area contributed by atoms with Crippen LogP contribution in [0, 0.1) is 5.82 Å². The summed E-state index contributed by atoms with van der Waals surface area (Å²) < 4.78 is 13.0. The molecule has 1 aromatic carbocycles. The zero-order valence-corrected chi connectivity index (χ0v) is 8.83. The van der Waals surface area contributed by atoms with Crippen LogP contribution in [-0.4, -0.2) is 18.1 Å². The van der Waals surface area contributed by atoms with Crippen LogP contribution in [0.4, 0.5) is 4.39 Å². The number of H-pyrrole nitrogens is 1. The van der Waals surface area contributed by atoms with Crippen LogP contribution in [0.25, 0.3) is 16.5 Å². The average Bonchev–Trinajstić information content (AvgIpc) is 2.73. The molecule has 0 amide bonds. The molecule has 0 bridgehead atoms. The van der Waals surface area contributed by atoms with E-state index in [-0.39, 0.29) is 5.82 Å². The van der Waals surface area contributed by atoms with Crippen LogP contribution in [0.15, 0.2) is 30.5 Å². The molecular formula is C13H12FN2. The first-order valence-corrected chi connectivity index (χ1v) is 5.44. The maximum Gasteiger partial charge on any atom is 0.125 e. The monoisotopic (exact) mass is 215 g/mol. The Hall–Kier alpha value is -1.61. The average molecular weight is 215 g/mol. The fourth-order valence-corrected chi connectivity index (χ4v) is 2.18. The number of aromatic amines is 1. The summed E-state index contributed by atoms with van der Waals surface area (Å²) in [6.07, 6.45) is 5.08. The Morgan fingerprint density at radius 2 is 2.25 bits per heavy atom. The van der Waals surface area contributed by atoms with Gasteiger partial charge in [0.2, 0.25) is 0 Å². The first kappa shape index (κ1) is 9.60. The van der Waals surface area contributed by atoms with Crippen LogP contribution >= 0.6 is 0 Å². The first-order valence-electron chi connectivity index (χ1n) is 5.44. The van der Waals surface area contributed by atoms with Crippen molar-refractivity contribution in [2.75, 3.05) is 13.1 Å². The Morgan fingerprint density at radius 1 is 1.31 bits per heavy atom. The van der Waals surface area contributed by atoms with E-state index in [2.05, 4.69) is 16.4 Å². The minimum Gasteiger partial charge on any atom is -0.360 e. The predicted octanol–water partition coefficient (Wildman–Crippen LogP) is 2.70. The molecule has 0 spiro atoms. The molecule has 3 heteroatoms. The molecule has 2 heterocycles. The van der Waals surface area contributed by atoms with Crippen LogP contribution in [0.2, 0.25) is 0 Å². The van der Waals surface area contributed by atoms with Gasteiger partial charge >= 0.3 is 0 Å². The molecule has 0 atom stereocenters. The molecule has 1 N–H and O–H groups in total. The van der Waals surface area contributed by atoms with Crippen molar-refractivity contribution in [1.29, 1.82) is 0 Å². The molecule has 2 nitrogen and oxygen atoms in total. The Kier molecular flexibility index (Phi) is 2.26. The van der Waals surface area contributed by atoms with Gasteiger partial charge in [-0.3, -0.25) is 0 Å². The predicted molar refractivity (Wildman–Crippen MR) is 62.7 cm³/mol. The lowest BCUT2D eigenvalue weighted by atomic mass is 10.00. The summed E-state index contributed by atoms with van der Waals surface area (Å²) in [5.41, 5.74) is 3.36. The highest BCUT2D eigenvalue weighted by Crippen LogP contribution is 2.28. The van der Waals surface area contributed by atoms with Gasteiger partial charge in [0.05, 0.1) is 0 Å². The quantitative estimate of drug-likeness (QED) is 0.758. The van der Waals surface area contributed by atoms with E-state index in [1.807, 2.05) is 12.3 Å². The number of hydrogen-bond acceptors (Lipinski definition) is 0. The van der Waals surface area contributed by atoms with Crippen LogP contribution in [0.1, 0.15) is 12.0 Å². The van der Waals surface area contributed by atoms with E-state index >= 15 is 0 Å². The third-order valence-electron chi connectivity index (χ3n) is 3.00. The van der Waals surface area contributed by atoms with Gasteiger partial charge < -0.3 is 4.98 Å². The molecule has 1 radical (unpaired) electrons. The molecule has 0 saturated carbocycles. The summed E-state index contributed by atoms with van der Waals surface area (Å²) in [6.45, 7) is 1.68. The zero-order valence-electron chi connectivity index (χ0n) is 8.83. The summed E-state index contributed by atoms with van der Waals surface area (Å²) >= 11 is 0. The molecule has 16 heavy (non-hydrogen) atoms. The van der Waals surface area contributed by atoms with Gasteiger partial charge in [0.25, 0.3) is 0 Å². The summed E-state index contributed by atoms with van der Waals surface area (Å²) in [5.74, 6) is -0.200. The number of fused-ring (bicyclic) bond motifs is 1. The number of rotatable bonds is 1. The van der Waals surface area contributed by atoms with Crippen molar-refractivity contribution in [3.05, 3.63) is 41.9 Å². The summed E-state index contributed by atoms with van der Waals surface area (Å²) in [4.78, 5) is 3.11. The molecule has 0 aliphatic carbocycles. The van der Waals surface area contributed by atoms with E-state index in [1.165, 1.54) is 23.3 Å². The van der Waals surface area contributed by atoms with E-state index < -0.39 is 0 Å². The van der Waals surface area contributed by atoms with Crippen molar-refractivity contribution in [3.8, 4) is 0 Å². The van der Waals surface area contributed by atoms with Crippen LogP contribution < -0.4 is 5.32 Å². The molecule has 1 aromatic heterocycles. The van der Waals surface area contributed by atoms with Crippen molar-refractivity contribution in [2.45, 2.75) is 6.42 Å². The van der Waals surface area contributed by atoms with E-state index in [0.717, 1.165) is 30.4 Å². The third kappa shape index (κ3) is 1.53. The highest BCUT2D eigenvalue weighted by molar-refractivity contribution is 5.92. The summed E-state index contributed by atoms with van der Waals surface area (Å²) in [6, 6.07) is 4.88. The van der Waals surface area contributed by atoms with Crippen molar-refractivity contribution in [1.82, 2.24) is 10.3 Å². The second-order valence-corrected chi connectivity index (χ2v) is 4.00. The summed E-state index contributed by atoms with van der Waals surface area (Å²) in [5, 5.41) is 5.38. The first-order chi connectivity index (χ1) is 7.84. The fourth-order valence-electron chi connectivity index (χ4n) is 2.18. The van der Waals surface area contributed by atoms with Crippen LogP contribution in [0.3, 0.4) is 0 Å². The van der Waals surface area contributed by atoms with Gasteiger partial charge in [-0.2, -0.15) is 0 Å². The third-order valence-corrected chi connectivity index (χ3v) is 3.00. The molecule has 1 aliphatic rings. The van der Waals surface area contributed by atoms with Crippen molar-refractivity contribution in [3.63, 3.8) is 0 Å². The smallest absolute Gasteiger partial charge is 0.125 e. The highest BCUT2D eigenvalue weighted by Gasteiger charge is 2.11. The van der Waals surface area contributed by atoms with E-state index in [4.69, 9.17) is 0 Å². The standard InChI is InChI=1S/C13H12FN2/c14-10-1-2-11-12(8-16-13(11)7-10)9-3-5-15-6-4-9/h1-3,7-8,16H,4-6H2. The number of benzene rings is 1. The molecular weight excluding hydrogens is 203 g/mol. The van der Waals surface area contributed by atoms with Gasteiger partial charge in [0, 0.05) is 35.8 Å². The number of hydrogen-bond donors (Lipinski definition) is 1. The highest BCUT2D eigenvalue weighted by atomic mass is 19.1. The molecule has 1 aliphatic heterocycles. The Morgan fingerprint density at radius 3 is 3.06 bits per heavy atom. The second kappa shape index (κ2) is 3.76.